The Bertz CT molecular complexity index is 545. The van der Waals surface area contributed by atoms with Crippen molar-refractivity contribution in [2.45, 2.75) is 34.1 Å². The number of hydrogen-bond acceptors (Lipinski definition) is 5. The van der Waals surface area contributed by atoms with Crippen molar-refractivity contribution < 1.29 is 0 Å². The number of fused-ring (bicyclic) bond motifs is 1. The molecule has 104 valence electrons. The number of rotatable bonds is 6. The summed E-state index contributed by atoms with van der Waals surface area (Å²) in [6, 6.07) is 0. The van der Waals surface area contributed by atoms with Gasteiger partial charge in [0.25, 0.3) is 0 Å². The molecule has 2 rings (SSSR count). The van der Waals surface area contributed by atoms with Gasteiger partial charge >= 0.3 is 0 Å². The molecule has 0 aliphatic carbocycles. The molecule has 0 radical (unpaired) electrons. The highest BCUT2D eigenvalue weighted by Crippen LogP contribution is 2.24. The van der Waals surface area contributed by atoms with Crippen LogP contribution in [0, 0.1) is 5.41 Å². The summed E-state index contributed by atoms with van der Waals surface area (Å²) in [6.07, 6.45) is 2.87. The molecule has 2 heterocycles. The fourth-order valence-electron chi connectivity index (χ4n) is 1.65. The van der Waals surface area contributed by atoms with E-state index in [9.17, 15) is 0 Å². The molecule has 0 bridgehead atoms. The van der Waals surface area contributed by atoms with Gasteiger partial charge in [0, 0.05) is 13.1 Å². The Morgan fingerprint density at radius 3 is 2.68 bits per heavy atom. The average molecular weight is 262 g/mol. The normalized spacial score (nSPS) is 11.8. The van der Waals surface area contributed by atoms with Gasteiger partial charge in [-0.3, -0.25) is 5.10 Å². The van der Waals surface area contributed by atoms with Crippen LogP contribution in [0.4, 0.5) is 11.8 Å². The summed E-state index contributed by atoms with van der Waals surface area (Å²) >= 11 is 0. The summed E-state index contributed by atoms with van der Waals surface area (Å²) in [5.74, 6) is 1.45. The number of nitrogens with one attached hydrogen (secondary N) is 3. The van der Waals surface area contributed by atoms with E-state index in [1.165, 1.54) is 0 Å². The summed E-state index contributed by atoms with van der Waals surface area (Å²) < 4.78 is 0. The van der Waals surface area contributed by atoms with E-state index in [1.54, 1.807) is 6.20 Å². The molecule has 0 fully saturated rings. The minimum absolute atomic E-state index is 0.235. The minimum atomic E-state index is 0.235. The van der Waals surface area contributed by atoms with Crippen LogP contribution in [-0.4, -0.2) is 33.3 Å². The van der Waals surface area contributed by atoms with Crippen molar-refractivity contribution in [3.05, 3.63) is 6.20 Å². The van der Waals surface area contributed by atoms with E-state index < -0.39 is 0 Å². The second-order valence-corrected chi connectivity index (χ2v) is 5.43. The van der Waals surface area contributed by atoms with Crippen molar-refractivity contribution in [3.8, 4) is 0 Å². The van der Waals surface area contributed by atoms with Crippen molar-refractivity contribution >= 4 is 22.8 Å². The van der Waals surface area contributed by atoms with Crippen molar-refractivity contribution in [2.24, 2.45) is 5.41 Å². The molecule has 6 nitrogen and oxygen atoms in total. The topological polar surface area (TPSA) is 78.5 Å². The Labute approximate surface area is 113 Å². The number of hydrogen-bond donors (Lipinski definition) is 3. The predicted molar refractivity (Wildman–Crippen MR) is 78.4 cm³/mol. The van der Waals surface area contributed by atoms with Crippen LogP contribution in [0.15, 0.2) is 6.20 Å². The van der Waals surface area contributed by atoms with Gasteiger partial charge in [-0.05, 0) is 18.8 Å². The number of aromatic amines is 1. The van der Waals surface area contributed by atoms with E-state index in [2.05, 4.69) is 51.6 Å². The zero-order chi connectivity index (χ0) is 13.9. The molecule has 0 saturated carbocycles. The zero-order valence-corrected chi connectivity index (χ0v) is 12.0. The Morgan fingerprint density at radius 2 is 2.00 bits per heavy atom. The van der Waals surface area contributed by atoms with Gasteiger partial charge in [-0.1, -0.05) is 20.8 Å². The minimum Gasteiger partial charge on any atom is -0.369 e. The van der Waals surface area contributed by atoms with Crippen molar-refractivity contribution in [3.63, 3.8) is 0 Å². The Balaban J connectivity index is 2.27. The molecule has 2 aromatic heterocycles. The van der Waals surface area contributed by atoms with Gasteiger partial charge in [0.15, 0.2) is 5.65 Å². The molecule has 19 heavy (non-hydrogen) atoms. The van der Waals surface area contributed by atoms with Gasteiger partial charge in [0.1, 0.15) is 5.82 Å². The molecule has 0 aliphatic heterocycles. The lowest BCUT2D eigenvalue weighted by Crippen LogP contribution is -2.22. The molecular weight excluding hydrogens is 240 g/mol. The molecule has 0 spiro atoms. The molecule has 0 unspecified atom stereocenters. The molecule has 2 aromatic rings. The van der Waals surface area contributed by atoms with E-state index in [0.29, 0.717) is 5.95 Å². The third-order valence-corrected chi connectivity index (χ3v) is 3.34. The van der Waals surface area contributed by atoms with Crippen molar-refractivity contribution in [2.75, 3.05) is 23.7 Å². The van der Waals surface area contributed by atoms with Crippen LogP contribution in [0.3, 0.4) is 0 Å². The number of nitrogens with zero attached hydrogens (tertiary/aromatic N) is 3. The summed E-state index contributed by atoms with van der Waals surface area (Å²) in [4.78, 5) is 8.88. The monoisotopic (exact) mass is 262 g/mol. The number of anilines is 2. The summed E-state index contributed by atoms with van der Waals surface area (Å²) in [7, 11) is 0. The third kappa shape index (κ3) is 3.13. The third-order valence-electron chi connectivity index (χ3n) is 3.34. The first-order valence-electron chi connectivity index (χ1n) is 6.74. The zero-order valence-electron chi connectivity index (χ0n) is 12.0. The van der Waals surface area contributed by atoms with Crippen LogP contribution in [0.5, 0.6) is 0 Å². The Kier molecular flexibility index (Phi) is 3.87. The molecule has 0 saturated heterocycles. The van der Waals surface area contributed by atoms with Crippen LogP contribution in [-0.2, 0) is 0 Å². The fraction of sp³-hybridized carbons (Fsp3) is 0.615. The lowest BCUT2D eigenvalue weighted by molar-refractivity contribution is 0.376. The van der Waals surface area contributed by atoms with Gasteiger partial charge < -0.3 is 10.6 Å². The van der Waals surface area contributed by atoms with Gasteiger partial charge in [0.05, 0.1) is 11.6 Å². The first kappa shape index (κ1) is 13.6. The molecule has 0 aromatic carbocycles. The quantitative estimate of drug-likeness (QED) is 0.746. The summed E-state index contributed by atoms with van der Waals surface area (Å²) in [6.45, 7) is 10.3. The smallest absolute Gasteiger partial charge is 0.226 e. The second-order valence-electron chi connectivity index (χ2n) is 5.43. The largest absolute Gasteiger partial charge is 0.369 e. The first-order valence-corrected chi connectivity index (χ1v) is 6.74. The SMILES string of the molecule is CCNc1nc(NCC(C)(C)CC)c2cn[nH]c2n1. The van der Waals surface area contributed by atoms with Gasteiger partial charge in [-0.25, -0.2) is 0 Å². The molecule has 3 N–H and O–H groups in total. The van der Waals surface area contributed by atoms with Crippen LogP contribution in [0.2, 0.25) is 0 Å². The molecule has 0 amide bonds. The van der Waals surface area contributed by atoms with Crippen LogP contribution < -0.4 is 10.6 Å². The molecular formula is C13H22N6. The van der Waals surface area contributed by atoms with E-state index in [4.69, 9.17) is 0 Å². The second kappa shape index (κ2) is 5.42. The maximum atomic E-state index is 4.51. The van der Waals surface area contributed by atoms with Crippen LogP contribution >= 0.6 is 0 Å². The highest BCUT2D eigenvalue weighted by molar-refractivity contribution is 5.86. The molecule has 0 aliphatic rings. The summed E-state index contributed by atoms with van der Waals surface area (Å²) in [5, 5.41) is 14.4. The number of aromatic nitrogens is 4. The van der Waals surface area contributed by atoms with Crippen molar-refractivity contribution in [1.29, 1.82) is 0 Å². The van der Waals surface area contributed by atoms with Gasteiger partial charge in [0.2, 0.25) is 5.95 Å². The van der Waals surface area contributed by atoms with E-state index >= 15 is 0 Å². The first-order chi connectivity index (χ1) is 9.05. The van der Waals surface area contributed by atoms with Crippen LogP contribution in [0.1, 0.15) is 34.1 Å². The predicted octanol–water partition coefficient (Wildman–Crippen LogP) is 2.63. The van der Waals surface area contributed by atoms with E-state index in [1.807, 2.05) is 6.92 Å². The average Bonchev–Trinajstić information content (AvgIpc) is 2.85. The molecule has 6 heteroatoms. The van der Waals surface area contributed by atoms with E-state index in [-0.39, 0.29) is 5.41 Å². The maximum absolute atomic E-state index is 4.51. The summed E-state index contributed by atoms with van der Waals surface area (Å²) in [5.41, 5.74) is 0.988. The standard InChI is InChI=1S/C13H22N6/c1-5-13(3,4)8-15-10-9-7-16-19-11(9)18-12(17-10)14-6-2/h7H,5-6,8H2,1-4H3,(H3,14,15,16,17,18,19). The number of H-pyrrole nitrogens is 1. The highest BCUT2D eigenvalue weighted by atomic mass is 15.2. The van der Waals surface area contributed by atoms with Gasteiger partial charge in [-0.2, -0.15) is 15.1 Å². The van der Waals surface area contributed by atoms with Crippen molar-refractivity contribution in [1.82, 2.24) is 20.2 Å². The lowest BCUT2D eigenvalue weighted by Gasteiger charge is -2.23. The Morgan fingerprint density at radius 1 is 1.21 bits per heavy atom. The van der Waals surface area contributed by atoms with Gasteiger partial charge in [-0.15, -0.1) is 0 Å². The van der Waals surface area contributed by atoms with Crippen LogP contribution in [0.25, 0.3) is 11.0 Å². The Hall–Kier alpha value is -1.85. The molecule has 0 atom stereocenters. The fourth-order valence-corrected chi connectivity index (χ4v) is 1.65. The lowest BCUT2D eigenvalue weighted by atomic mass is 9.90. The van der Waals surface area contributed by atoms with E-state index in [0.717, 1.165) is 36.4 Å². The highest BCUT2D eigenvalue weighted by Gasteiger charge is 2.16. The maximum Gasteiger partial charge on any atom is 0.226 e.